The Morgan fingerprint density at radius 1 is 1.00 bits per heavy atom. The number of esters is 1. The van der Waals surface area contributed by atoms with Gasteiger partial charge in [-0.3, -0.25) is 9.69 Å². The molecule has 2 N–H and O–H groups in total. The molecule has 7 heteroatoms. The molecular formula is C32H34N4O3. The quantitative estimate of drug-likeness (QED) is 0.318. The average molecular weight is 523 g/mol. The molecule has 0 aliphatic carbocycles. The second kappa shape index (κ2) is 10.6. The first kappa shape index (κ1) is 25.2. The molecule has 1 fully saturated rings. The molecule has 200 valence electrons. The molecule has 6 rings (SSSR count). The topological polar surface area (TPSA) is 77.7 Å². The van der Waals surface area contributed by atoms with Gasteiger partial charge < -0.3 is 19.9 Å². The summed E-state index contributed by atoms with van der Waals surface area (Å²) >= 11 is 0. The number of amides is 1. The Morgan fingerprint density at radius 3 is 2.72 bits per heavy atom. The van der Waals surface area contributed by atoms with Gasteiger partial charge in [-0.05, 0) is 85.3 Å². The lowest BCUT2D eigenvalue weighted by Gasteiger charge is -2.23. The largest absolute Gasteiger partial charge is 0.457 e. The Bertz CT molecular complexity index is 1530. The first-order chi connectivity index (χ1) is 19.0. The van der Waals surface area contributed by atoms with E-state index in [1.54, 1.807) is 6.07 Å². The van der Waals surface area contributed by atoms with E-state index in [0.29, 0.717) is 17.7 Å². The van der Waals surface area contributed by atoms with Crippen LogP contribution in [0.25, 0.3) is 22.0 Å². The summed E-state index contributed by atoms with van der Waals surface area (Å²) in [7, 11) is 0. The normalized spacial score (nSPS) is 19.4. The number of rotatable bonds is 5. The predicted octanol–water partition coefficient (Wildman–Crippen LogP) is 5.94. The van der Waals surface area contributed by atoms with Crippen molar-refractivity contribution < 1.29 is 14.3 Å². The SMILES string of the molecule is CCN1CCC(OC(=O)c2cc(C(=O)N3CC[C@H](C)Nc4ccccc43)ccc2-c2ccc3[nH]ccc3c2)C1. The van der Waals surface area contributed by atoms with Crippen LogP contribution in [-0.2, 0) is 4.74 Å². The molecule has 4 aromatic rings. The van der Waals surface area contributed by atoms with Gasteiger partial charge in [0.1, 0.15) is 6.10 Å². The molecule has 3 heterocycles. The number of anilines is 2. The van der Waals surface area contributed by atoms with Crippen LogP contribution in [0.4, 0.5) is 11.4 Å². The van der Waals surface area contributed by atoms with E-state index in [0.717, 1.165) is 65.9 Å². The van der Waals surface area contributed by atoms with Crippen molar-refractivity contribution >= 4 is 34.2 Å². The lowest BCUT2D eigenvalue weighted by atomic mass is 9.96. The monoisotopic (exact) mass is 522 g/mol. The number of nitrogens with zero attached hydrogens (tertiary/aromatic N) is 2. The van der Waals surface area contributed by atoms with Crippen LogP contribution in [0.3, 0.4) is 0 Å². The van der Waals surface area contributed by atoms with E-state index in [2.05, 4.69) is 35.1 Å². The molecule has 1 amide bonds. The number of H-pyrrole nitrogens is 1. The van der Waals surface area contributed by atoms with E-state index in [4.69, 9.17) is 4.74 Å². The van der Waals surface area contributed by atoms with Gasteiger partial charge in [0, 0.05) is 43.0 Å². The number of aromatic nitrogens is 1. The molecule has 1 unspecified atom stereocenters. The van der Waals surface area contributed by atoms with Gasteiger partial charge in [0.05, 0.1) is 16.9 Å². The Kier molecular flexibility index (Phi) is 6.83. The third-order valence-electron chi connectivity index (χ3n) is 7.93. The van der Waals surface area contributed by atoms with E-state index >= 15 is 0 Å². The highest BCUT2D eigenvalue weighted by molar-refractivity contribution is 6.10. The van der Waals surface area contributed by atoms with Crippen LogP contribution < -0.4 is 10.2 Å². The summed E-state index contributed by atoms with van der Waals surface area (Å²) in [5.74, 6) is -0.513. The first-order valence-electron chi connectivity index (χ1n) is 13.8. The molecule has 1 aromatic heterocycles. The number of hydrogen-bond donors (Lipinski definition) is 2. The van der Waals surface area contributed by atoms with Crippen LogP contribution in [-0.4, -0.2) is 60.1 Å². The second-order valence-corrected chi connectivity index (χ2v) is 10.6. The molecule has 0 bridgehead atoms. The number of nitrogens with one attached hydrogen (secondary N) is 2. The Labute approximate surface area is 228 Å². The van der Waals surface area contributed by atoms with Crippen molar-refractivity contribution in [1.82, 2.24) is 9.88 Å². The number of benzene rings is 3. The number of hydrogen-bond acceptors (Lipinski definition) is 5. The highest BCUT2D eigenvalue weighted by Gasteiger charge is 2.29. The van der Waals surface area contributed by atoms with E-state index in [1.807, 2.05) is 65.7 Å². The van der Waals surface area contributed by atoms with Crippen molar-refractivity contribution in [3.8, 4) is 11.1 Å². The zero-order valence-electron chi connectivity index (χ0n) is 22.4. The highest BCUT2D eigenvalue weighted by Crippen LogP contribution is 2.33. The number of para-hydroxylation sites is 2. The summed E-state index contributed by atoms with van der Waals surface area (Å²) in [6.07, 6.45) is 3.39. The van der Waals surface area contributed by atoms with Gasteiger partial charge in [-0.2, -0.15) is 0 Å². The van der Waals surface area contributed by atoms with Crippen molar-refractivity contribution in [3.63, 3.8) is 0 Å². The molecule has 39 heavy (non-hydrogen) atoms. The fourth-order valence-electron chi connectivity index (χ4n) is 5.69. The number of aromatic amines is 1. The van der Waals surface area contributed by atoms with Gasteiger partial charge in [-0.25, -0.2) is 4.79 Å². The molecule has 2 atom stereocenters. The summed E-state index contributed by atoms with van der Waals surface area (Å²) in [4.78, 5) is 34.9. The van der Waals surface area contributed by atoms with Crippen LogP contribution in [0.15, 0.2) is 72.9 Å². The average Bonchev–Trinajstić information content (AvgIpc) is 3.58. The summed E-state index contributed by atoms with van der Waals surface area (Å²) in [5, 5.41) is 4.56. The molecule has 7 nitrogen and oxygen atoms in total. The fraction of sp³-hybridized carbons (Fsp3) is 0.312. The predicted molar refractivity (Wildman–Crippen MR) is 155 cm³/mol. The minimum atomic E-state index is -0.386. The third kappa shape index (κ3) is 5.02. The maximum Gasteiger partial charge on any atom is 0.339 e. The van der Waals surface area contributed by atoms with Crippen molar-refractivity contribution in [2.75, 3.05) is 36.4 Å². The minimum absolute atomic E-state index is 0.127. The summed E-state index contributed by atoms with van der Waals surface area (Å²) < 4.78 is 6.01. The lowest BCUT2D eigenvalue weighted by molar-refractivity contribution is 0.0324. The fourth-order valence-corrected chi connectivity index (χ4v) is 5.69. The molecule has 2 aliphatic rings. The number of fused-ring (bicyclic) bond motifs is 2. The van der Waals surface area contributed by atoms with E-state index < -0.39 is 0 Å². The van der Waals surface area contributed by atoms with Crippen LogP contribution in [0.2, 0.25) is 0 Å². The van der Waals surface area contributed by atoms with Crippen molar-refractivity contribution in [1.29, 1.82) is 0 Å². The van der Waals surface area contributed by atoms with Gasteiger partial charge in [0.15, 0.2) is 0 Å². The van der Waals surface area contributed by atoms with Crippen LogP contribution in [0, 0.1) is 0 Å². The molecule has 0 saturated carbocycles. The number of carbonyl (C=O) groups is 2. The molecule has 0 spiro atoms. The molecule has 0 radical (unpaired) electrons. The minimum Gasteiger partial charge on any atom is -0.457 e. The van der Waals surface area contributed by atoms with Crippen molar-refractivity contribution in [3.05, 3.63) is 84.1 Å². The number of ether oxygens (including phenoxy) is 1. The van der Waals surface area contributed by atoms with Crippen LogP contribution in [0.5, 0.6) is 0 Å². The van der Waals surface area contributed by atoms with Gasteiger partial charge in [-0.15, -0.1) is 0 Å². The zero-order valence-corrected chi connectivity index (χ0v) is 22.4. The summed E-state index contributed by atoms with van der Waals surface area (Å²) in [6.45, 7) is 7.42. The number of carbonyl (C=O) groups excluding carboxylic acids is 2. The van der Waals surface area contributed by atoms with Crippen LogP contribution >= 0.6 is 0 Å². The molecule has 1 saturated heterocycles. The zero-order chi connectivity index (χ0) is 26.9. The summed E-state index contributed by atoms with van der Waals surface area (Å²) in [5.41, 5.74) is 5.38. The summed E-state index contributed by atoms with van der Waals surface area (Å²) in [6, 6.07) is 21.6. The highest BCUT2D eigenvalue weighted by atomic mass is 16.5. The lowest BCUT2D eigenvalue weighted by Crippen LogP contribution is -2.32. The van der Waals surface area contributed by atoms with Crippen molar-refractivity contribution in [2.24, 2.45) is 0 Å². The molecular weight excluding hydrogens is 488 g/mol. The Morgan fingerprint density at radius 2 is 1.87 bits per heavy atom. The first-order valence-corrected chi connectivity index (χ1v) is 13.8. The Hall–Kier alpha value is -4.10. The standard InChI is InChI=1S/C32H34N4O3/c1-3-35-16-14-25(20-35)39-32(38)27-19-24(8-10-26(27)22-9-11-28-23(18-22)12-15-33-28)31(37)36-17-13-21(2)34-29-6-4-5-7-30(29)36/h4-12,15,18-19,21,25,33-34H,3,13-14,16-17,20H2,1-2H3/t21-,25?/m0/s1. The van der Waals surface area contributed by atoms with Gasteiger partial charge in [-0.1, -0.05) is 31.2 Å². The van der Waals surface area contributed by atoms with Crippen molar-refractivity contribution in [2.45, 2.75) is 38.8 Å². The second-order valence-electron chi connectivity index (χ2n) is 10.6. The van der Waals surface area contributed by atoms with E-state index in [9.17, 15) is 9.59 Å². The molecule has 3 aromatic carbocycles. The number of likely N-dealkylation sites (N-methyl/N-ethyl adjacent to an activating group) is 1. The smallest absolute Gasteiger partial charge is 0.339 e. The molecule has 2 aliphatic heterocycles. The van der Waals surface area contributed by atoms with Gasteiger partial charge in [0.2, 0.25) is 0 Å². The van der Waals surface area contributed by atoms with E-state index in [1.165, 1.54) is 0 Å². The Balaban J connectivity index is 1.38. The third-order valence-corrected chi connectivity index (χ3v) is 7.93. The maximum atomic E-state index is 13.9. The van der Waals surface area contributed by atoms with E-state index in [-0.39, 0.29) is 24.0 Å². The maximum absolute atomic E-state index is 13.9. The van der Waals surface area contributed by atoms with Crippen LogP contribution in [0.1, 0.15) is 47.4 Å². The van der Waals surface area contributed by atoms with Gasteiger partial charge >= 0.3 is 5.97 Å². The number of likely N-dealkylation sites (tertiary alicyclic amines) is 1. The van der Waals surface area contributed by atoms with Gasteiger partial charge in [0.25, 0.3) is 5.91 Å².